The van der Waals surface area contributed by atoms with Crippen LogP contribution in [0.2, 0.25) is 0 Å². The summed E-state index contributed by atoms with van der Waals surface area (Å²) in [6, 6.07) is 6.27. The van der Waals surface area contributed by atoms with Gasteiger partial charge in [-0.05, 0) is 62.3 Å². The molecular formula is C25H30FN5O4. The lowest BCUT2D eigenvalue weighted by atomic mass is 9.81. The second kappa shape index (κ2) is 10.8. The summed E-state index contributed by atoms with van der Waals surface area (Å²) in [5, 5.41) is 10.1. The molecule has 1 atom stereocenters. The number of oxime groups is 1. The molecule has 1 aliphatic heterocycles. The zero-order valence-electron chi connectivity index (χ0n) is 20.1. The van der Waals surface area contributed by atoms with Crippen LogP contribution in [0.5, 0.6) is 5.75 Å². The largest absolute Gasteiger partial charge is 0.494 e. The van der Waals surface area contributed by atoms with Gasteiger partial charge in [0.05, 0.1) is 12.8 Å². The molecule has 2 aromatic rings. The first kappa shape index (κ1) is 24.6. The van der Waals surface area contributed by atoms with Gasteiger partial charge in [0.25, 0.3) is 5.91 Å². The number of aromatic nitrogens is 2. The van der Waals surface area contributed by atoms with E-state index in [0.29, 0.717) is 35.1 Å². The summed E-state index contributed by atoms with van der Waals surface area (Å²) in [6.07, 6.45) is 4.35. The first-order valence-corrected chi connectivity index (χ1v) is 11.8. The molecule has 0 radical (unpaired) electrons. The molecule has 0 bridgehead atoms. The summed E-state index contributed by atoms with van der Waals surface area (Å²) in [5.41, 5.74) is 2.19. The number of halogens is 1. The number of carbonyl (C=O) groups is 2. The number of aryl methyl sites for hydroxylation is 1. The van der Waals surface area contributed by atoms with Crippen molar-refractivity contribution in [3.05, 3.63) is 52.9 Å². The summed E-state index contributed by atoms with van der Waals surface area (Å²) in [5.74, 6) is 0.115. The Balaban J connectivity index is 1.36. The second-order valence-corrected chi connectivity index (χ2v) is 9.04. The van der Waals surface area contributed by atoms with Crippen LogP contribution in [-0.2, 0) is 16.2 Å². The number of benzene rings is 1. The van der Waals surface area contributed by atoms with Crippen molar-refractivity contribution in [3.63, 3.8) is 0 Å². The van der Waals surface area contributed by atoms with Crippen molar-refractivity contribution < 1.29 is 23.6 Å². The van der Waals surface area contributed by atoms with Crippen LogP contribution < -0.4 is 15.4 Å². The van der Waals surface area contributed by atoms with E-state index in [0.717, 1.165) is 25.7 Å². The summed E-state index contributed by atoms with van der Waals surface area (Å²) in [6.45, 7) is 3.47. The zero-order valence-corrected chi connectivity index (χ0v) is 20.1. The summed E-state index contributed by atoms with van der Waals surface area (Å²) in [4.78, 5) is 38.5. The minimum Gasteiger partial charge on any atom is -0.494 e. The third kappa shape index (κ3) is 6.12. The highest BCUT2D eigenvalue weighted by atomic mass is 19.1. The van der Waals surface area contributed by atoms with Crippen molar-refractivity contribution in [3.8, 4) is 5.75 Å². The van der Waals surface area contributed by atoms with Crippen LogP contribution in [0.3, 0.4) is 0 Å². The lowest BCUT2D eigenvalue weighted by molar-refractivity contribution is -0.120. The normalized spacial score (nSPS) is 21.6. The van der Waals surface area contributed by atoms with E-state index < -0.39 is 5.82 Å². The molecule has 0 spiro atoms. The van der Waals surface area contributed by atoms with Crippen molar-refractivity contribution in [1.82, 2.24) is 20.6 Å². The van der Waals surface area contributed by atoms with Crippen LogP contribution >= 0.6 is 0 Å². The molecule has 186 valence electrons. The molecule has 10 heteroatoms. The number of hydrogen-bond donors (Lipinski definition) is 2. The van der Waals surface area contributed by atoms with E-state index in [1.807, 2.05) is 0 Å². The first-order valence-electron chi connectivity index (χ1n) is 11.8. The molecule has 0 saturated heterocycles. The topological polar surface area (TPSA) is 115 Å². The Morgan fingerprint density at radius 2 is 1.94 bits per heavy atom. The van der Waals surface area contributed by atoms with E-state index in [2.05, 4.69) is 25.8 Å². The molecule has 4 rings (SSSR count). The van der Waals surface area contributed by atoms with Crippen LogP contribution in [0.15, 0.2) is 29.4 Å². The molecular weight excluding hydrogens is 453 g/mol. The Morgan fingerprint density at radius 3 is 2.66 bits per heavy atom. The van der Waals surface area contributed by atoms with Crippen LogP contribution in [0.1, 0.15) is 66.6 Å². The third-order valence-corrected chi connectivity index (χ3v) is 6.43. The minimum absolute atomic E-state index is 0.00699. The van der Waals surface area contributed by atoms with E-state index in [9.17, 15) is 14.0 Å². The van der Waals surface area contributed by atoms with E-state index in [1.165, 1.54) is 13.2 Å². The van der Waals surface area contributed by atoms with Crippen LogP contribution in [-0.4, -0.2) is 46.7 Å². The molecule has 35 heavy (non-hydrogen) atoms. The maximum absolute atomic E-state index is 13.6. The highest BCUT2D eigenvalue weighted by Crippen LogP contribution is 2.33. The number of amides is 2. The average molecular weight is 484 g/mol. The van der Waals surface area contributed by atoms with Crippen molar-refractivity contribution in [1.29, 1.82) is 0 Å². The van der Waals surface area contributed by atoms with E-state index >= 15 is 0 Å². The van der Waals surface area contributed by atoms with Gasteiger partial charge in [-0.25, -0.2) is 14.4 Å². The van der Waals surface area contributed by atoms with E-state index in [-0.39, 0.29) is 41.9 Å². The van der Waals surface area contributed by atoms with Gasteiger partial charge in [-0.2, -0.15) is 0 Å². The van der Waals surface area contributed by atoms with E-state index in [4.69, 9.17) is 9.57 Å². The molecule has 9 nitrogen and oxygen atoms in total. The first-order chi connectivity index (χ1) is 16.8. The molecule has 1 aliphatic carbocycles. The second-order valence-electron chi connectivity index (χ2n) is 9.04. The molecule has 1 aromatic carbocycles. The summed E-state index contributed by atoms with van der Waals surface area (Å²) < 4.78 is 18.6. The van der Waals surface area contributed by atoms with Gasteiger partial charge < -0.3 is 20.2 Å². The Labute approximate surface area is 203 Å². The molecule has 2 aliphatic rings. The van der Waals surface area contributed by atoms with Gasteiger partial charge in [0.1, 0.15) is 23.3 Å². The monoisotopic (exact) mass is 483 g/mol. The minimum atomic E-state index is -0.461. The summed E-state index contributed by atoms with van der Waals surface area (Å²) in [7, 11) is 1.39. The fraction of sp³-hybridized carbons (Fsp3) is 0.480. The highest BCUT2D eigenvalue weighted by molar-refractivity contribution is 6.01. The van der Waals surface area contributed by atoms with Crippen LogP contribution in [0.4, 0.5) is 4.39 Å². The molecule has 1 aromatic heterocycles. The fourth-order valence-electron chi connectivity index (χ4n) is 4.64. The van der Waals surface area contributed by atoms with Gasteiger partial charge in [-0.1, -0.05) is 11.2 Å². The van der Waals surface area contributed by atoms with Crippen LogP contribution in [0, 0.1) is 18.7 Å². The number of rotatable bonds is 7. The number of hydrogen-bond acceptors (Lipinski definition) is 7. The maximum atomic E-state index is 13.6. The number of nitrogens with one attached hydrogen (secondary N) is 2. The summed E-state index contributed by atoms with van der Waals surface area (Å²) >= 11 is 0. The fourth-order valence-corrected chi connectivity index (χ4v) is 4.64. The van der Waals surface area contributed by atoms with Gasteiger partial charge in [0.2, 0.25) is 5.91 Å². The van der Waals surface area contributed by atoms with Crippen molar-refractivity contribution in [2.75, 3.05) is 7.11 Å². The smallest absolute Gasteiger partial charge is 0.270 e. The SMILES string of the molecule is COc1cc(CNC(=O)c2cc(C3=NO[C@H](C4CCC(NC(C)=O)CC4)C3)nc(C)n2)ccc1F. The third-order valence-electron chi connectivity index (χ3n) is 6.43. The molecule has 2 amide bonds. The predicted molar refractivity (Wildman–Crippen MR) is 126 cm³/mol. The lowest BCUT2D eigenvalue weighted by Gasteiger charge is -2.31. The molecule has 0 unspecified atom stereocenters. The standard InChI is InChI=1S/C25H30FN5O4/c1-14-28-20(21-12-23(35-31-21)17-5-7-18(8-6-17)30-15(2)32)11-22(29-14)25(33)27-13-16-4-9-19(26)24(10-16)34-3/h4,9-11,17-18,23H,5-8,12-13H2,1-3H3,(H,27,33)(H,30,32)/t17?,18?,23-/m0/s1. The zero-order chi connectivity index (χ0) is 24.9. The number of methoxy groups -OCH3 is 1. The Hall–Kier alpha value is -3.56. The predicted octanol–water partition coefficient (Wildman–Crippen LogP) is 3.05. The average Bonchev–Trinajstić information content (AvgIpc) is 3.33. The van der Waals surface area contributed by atoms with Gasteiger partial charge in [0.15, 0.2) is 11.6 Å². The van der Waals surface area contributed by atoms with Gasteiger partial charge >= 0.3 is 0 Å². The number of ether oxygens (including phenoxy) is 1. The quantitative estimate of drug-likeness (QED) is 0.626. The Morgan fingerprint density at radius 1 is 1.17 bits per heavy atom. The molecule has 2 heterocycles. The molecule has 1 saturated carbocycles. The van der Waals surface area contributed by atoms with Gasteiger partial charge in [-0.3, -0.25) is 9.59 Å². The lowest BCUT2D eigenvalue weighted by Crippen LogP contribution is -2.38. The highest BCUT2D eigenvalue weighted by Gasteiger charge is 2.34. The van der Waals surface area contributed by atoms with Gasteiger partial charge in [-0.15, -0.1) is 0 Å². The van der Waals surface area contributed by atoms with Crippen molar-refractivity contribution >= 4 is 17.5 Å². The van der Waals surface area contributed by atoms with Crippen molar-refractivity contribution in [2.24, 2.45) is 11.1 Å². The maximum Gasteiger partial charge on any atom is 0.270 e. The Bertz CT molecular complexity index is 1130. The molecule has 1 fully saturated rings. The van der Waals surface area contributed by atoms with Gasteiger partial charge in [0, 0.05) is 25.9 Å². The van der Waals surface area contributed by atoms with Crippen LogP contribution in [0.25, 0.3) is 0 Å². The van der Waals surface area contributed by atoms with Crippen molar-refractivity contribution in [2.45, 2.75) is 64.6 Å². The number of nitrogens with zero attached hydrogens (tertiary/aromatic N) is 3. The Kier molecular flexibility index (Phi) is 7.57. The number of carbonyl (C=O) groups excluding carboxylic acids is 2. The van der Waals surface area contributed by atoms with E-state index in [1.54, 1.807) is 32.0 Å². The molecule has 2 N–H and O–H groups in total.